The zero-order valence-electron chi connectivity index (χ0n) is 15.3. The molecule has 1 aliphatic heterocycles. The third-order valence-electron chi connectivity index (χ3n) is 4.43. The first-order valence-corrected chi connectivity index (χ1v) is 10.1. The van der Waals surface area contributed by atoms with Crippen molar-refractivity contribution in [1.29, 1.82) is 0 Å². The summed E-state index contributed by atoms with van der Waals surface area (Å²) in [4.78, 5) is 28.3. The smallest absolute Gasteiger partial charge is 0.339 e. The standard InChI is InChI=1S/C19H20BrNO5S/c1-11(18(22)21-6-4-16-12(10-21)5-7-27-16)26-19(23)13-8-14(24-2)17(20)15(9-13)25-3/h5,7-9,11H,4,6,10H2,1-3H3. The maximum atomic E-state index is 12.7. The molecule has 0 spiro atoms. The average molecular weight is 454 g/mol. The minimum absolute atomic E-state index is 0.198. The molecule has 8 heteroatoms. The van der Waals surface area contributed by atoms with E-state index in [1.807, 2.05) is 11.4 Å². The Morgan fingerprint density at radius 1 is 1.22 bits per heavy atom. The highest BCUT2D eigenvalue weighted by Gasteiger charge is 2.28. The summed E-state index contributed by atoms with van der Waals surface area (Å²) in [6.07, 6.45) is -0.0427. The van der Waals surface area contributed by atoms with Crippen molar-refractivity contribution in [2.24, 2.45) is 0 Å². The minimum atomic E-state index is -0.877. The lowest BCUT2D eigenvalue weighted by atomic mass is 10.1. The molecule has 1 amide bonds. The fraction of sp³-hybridized carbons (Fsp3) is 0.368. The van der Waals surface area contributed by atoms with Gasteiger partial charge in [0.05, 0.1) is 19.8 Å². The number of carbonyl (C=O) groups is 2. The topological polar surface area (TPSA) is 65.1 Å². The lowest BCUT2D eigenvalue weighted by Gasteiger charge is -2.29. The number of benzene rings is 1. The van der Waals surface area contributed by atoms with Gasteiger partial charge in [-0.05, 0) is 58.4 Å². The van der Waals surface area contributed by atoms with Crippen LogP contribution in [-0.2, 0) is 22.5 Å². The third kappa shape index (κ3) is 4.11. The lowest BCUT2D eigenvalue weighted by Crippen LogP contribution is -2.42. The van der Waals surface area contributed by atoms with Crippen molar-refractivity contribution in [3.8, 4) is 11.5 Å². The van der Waals surface area contributed by atoms with Gasteiger partial charge in [-0.3, -0.25) is 4.79 Å². The number of hydrogen-bond acceptors (Lipinski definition) is 6. The number of halogens is 1. The molecule has 1 atom stereocenters. The van der Waals surface area contributed by atoms with Gasteiger partial charge in [-0.2, -0.15) is 0 Å². The second-order valence-corrected chi connectivity index (χ2v) is 7.91. The third-order valence-corrected chi connectivity index (χ3v) is 6.24. The normalized spacial score (nSPS) is 14.3. The number of esters is 1. The van der Waals surface area contributed by atoms with Crippen LogP contribution in [0, 0.1) is 0 Å². The van der Waals surface area contributed by atoms with Crippen LogP contribution < -0.4 is 9.47 Å². The molecule has 1 aliphatic rings. The van der Waals surface area contributed by atoms with Crippen molar-refractivity contribution in [3.63, 3.8) is 0 Å². The summed E-state index contributed by atoms with van der Waals surface area (Å²) >= 11 is 5.07. The van der Waals surface area contributed by atoms with Crippen LogP contribution in [0.4, 0.5) is 0 Å². The van der Waals surface area contributed by atoms with Crippen molar-refractivity contribution in [2.45, 2.75) is 26.0 Å². The van der Waals surface area contributed by atoms with E-state index in [1.165, 1.54) is 24.7 Å². The Kier molecular flexibility index (Phi) is 6.06. The maximum Gasteiger partial charge on any atom is 0.339 e. The zero-order chi connectivity index (χ0) is 19.6. The number of thiophene rings is 1. The highest BCUT2D eigenvalue weighted by atomic mass is 79.9. The van der Waals surface area contributed by atoms with E-state index >= 15 is 0 Å². The second kappa shape index (κ2) is 8.31. The van der Waals surface area contributed by atoms with E-state index in [-0.39, 0.29) is 11.5 Å². The quantitative estimate of drug-likeness (QED) is 0.646. The predicted molar refractivity (Wildman–Crippen MR) is 106 cm³/mol. The van der Waals surface area contributed by atoms with Gasteiger partial charge in [0.15, 0.2) is 6.10 Å². The summed E-state index contributed by atoms with van der Waals surface area (Å²) in [6, 6.07) is 5.13. The van der Waals surface area contributed by atoms with E-state index in [4.69, 9.17) is 14.2 Å². The number of carbonyl (C=O) groups excluding carboxylic acids is 2. The first-order chi connectivity index (χ1) is 12.9. The Morgan fingerprint density at radius 2 is 1.89 bits per heavy atom. The lowest BCUT2D eigenvalue weighted by molar-refractivity contribution is -0.140. The average Bonchev–Trinajstić information content (AvgIpc) is 3.15. The van der Waals surface area contributed by atoms with Crippen molar-refractivity contribution in [2.75, 3.05) is 20.8 Å². The van der Waals surface area contributed by atoms with Crippen molar-refractivity contribution < 1.29 is 23.8 Å². The van der Waals surface area contributed by atoms with E-state index in [1.54, 1.807) is 35.3 Å². The number of nitrogens with zero attached hydrogens (tertiary/aromatic N) is 1. The van der Waals surface area contributed by atoms with Gasteiger partial charge < -0.3 is 19.1 Å². The summed E-state index contributed by atoms with van der Waals surface area (Å²) in [5.41, 5.74) is 1.42. The highest BCUT2D eigenvalue weighted by molar-refractivity contribution is 9.10. The molecule has 0 bridgehead atoms. The molecule has 1 aromatic heterocycles. The fourth-order valence-corrected chi connectivity index (χ4v) is 4.40. The SMILES string of the molecule is COc1cc(C(=O)OC(C)C(=O)N2CCc3sccc3C2)cc(OC)c1Br. The van der Waals surface area contributed by atoms with Crippen LogP contribution in [0.3, 0.4) is 0 Å². The Bertz CT molecular complexity index is 841. The molecule has 0 radical (unpaired) electrons. The molecule has 6 nitrogen and oxygen atoms in total. The molecule has 27 heavy (non-hydrogen) atoms. The summed E-state index contributed by atoms with van der Waals surface area (Å²) in [5.74, 6) is 0.0898. The summed E-state index contributed by atoms with van der Waals surface area (Å²) in [6.45, 7) is 2.78. The first-order valence-electron chi connectivity index (χ1n) is 8.41. The molecule has 0 saturated carbocycles. The molecule has 1 unspecified atom stereocenters. The Labute approximate surface area is 170 Å². The van der Waals surface area contributed by atoms with E-state index in [2.05, 4.69) is 15.9 Å². The number of ether oxygens (including phenoxy) is 3. The number of fused-ring (bicyclic) bond motifs is 1. The molecule has 0 N–H and O–H groups in total. The molecular weight excluding hydrogens is 434 g/mol. The number of rotatable bonds is 5. The van der Waals surface area contributed by atoms with Crippen LogP contribution in [0.2, 0.25) is 0 Å². The number of hydrogen-bond donors (Lipinski definition) is 0. The van der Waals surface area contributed by atoms with Crippen LogP contribution >= 0.6 is 27.3 Å². The molecular formula is C19H20BrNO5S. The Balaban J connectivity index is 1.69. The van der Waals surface area contributed by atoms with Gasteiger partial charge in [0.1, 0.15) is 16.0 Å². The molecule has 0 saturated heterocycles. The van der Waals surface area contributed by atoms with Crippen LogP contribution in [0.25, 0.3) is 0 Å². The Morgan fingerprint density at radius 3 is 2.52 bits per heavy atom. The molecule has 3 rings (SSSR count). The molecule has 0 fully saturated rings. The number of methoxy groups -OCH3 is 2. The molecule has 0 aliphatic carbocycles. The Hall–Kier alpha value is -2.06. The van der Waals surface area contributed by atoms with E-state index in [9.17, 15) is 9.59 Å². The maximum absolute atomic E-state index is 12.7. The fourth-order valence-electron chi connectivity index (χ4n) is 2.96. The van der Waals surface area contributed by atoms with E-state index in [0.29, 0.717) is 29.1 Å². The van der Waals surface area contributed by atoms with Crippen LogP contribution in [-0.4, -0.2) is 43.6 Å². The van der Waals surface area contributed by atoms with Gasteiger partial charge in [-0.15, -0.1) is 11.3 Å². The van der Waals surface area contributed by atoms with Crippen molar-refractivity contribution in [1.82, 2.24) is 4.90 Å². The summed E-state index contributed by atoms with van der Waals surface area (Å²) < 4.78 is 16.5. The monoisotopic (exact) mass is 453 g/mol. The van der Waals surface area contributed by atoms with Crippen LogP contribution in [0.1, 0.15) is 27.7 Å². The minimum Gasteiger partial charge on any atom is -0.495 e. The number of amides is 1. The van der Waals surface area contributed by atoms with Crippen molar-refractivity contribution >= 4 is 39.1 Å². The van der Waals surface area contributed by atoms with E-state index < -0.39 is 12.1 Å². The molecule has 144 valence electrons. The summed E-state index contributed by atoms with van der Waals surface area (Å²) in [7, 11) is 2.99. The van der Waals surface area contributed by atoms with Gasteiger partial charge in [0, 0.05) is 18.0 Å². The molecule has 2 heterocycles. The van der Waals surface area contributed by atoms with Gasteiger partial charge in [0.2, 0.25) is 0 Å². The summed E-state index contributed by atoms with van der Waals surface area (Å²) in [5, 5.41) is 2.04. The van der Waals surface area contributed by atoms with Crippen LogP contribution in [0.15, 0.2) is 28.1 Å². The highest BCUT2D eigenvalue weighted by Crippen LogP contribution is 2.36. The zero-order valence-corrected chi connectivity index (χ0v) is 17.7. The van der Waals surface area contributed by atoms with E-state index in [0.717, 1.165) is 6.42 Å². The van der Waals surface area contributed by atoms with Crippen LogP contribution in [0.5, 0.6) is 11.5 Å². The second-order valence-electron chi connectivity index (χ2n) is 6.12. The van der Waals surface area contributed by atoms with Gasteiger partial charge in [-0.25, -0.2) is 4.79 Å². The van der Waals surface area contributed by atoms with Crippen molar-refractivity contribution in [3.05, 3.63) is 44.1 Å². The molecule has 2 aromatic rings. The molecule has 1 aromatic carbocycles. The predicted octanol–water partition coefficient (Wildman–Crippen LogP) is 3.66. The van der Waals surface area contributed by atoms with Gasteiger partial charge in [0.25, 0.3) is 5.91 Å². The van der Waals surface area contributed by atoms with Gasteiger partial charge >= 0.3 is 5.97 Å². The van der Waals surface area contributed by atoms with Gasteiger partial charge in [-0.1, -0.05) is 0 Å². The largest absolute Gasteiger partial charge is 0.495 e. The first kappa shape index (κ1) is 19.7.